The van der Waals surface area contributed by atoms with Gasteiger partial charge in [-0.3, -0.25) is 4.18 Å². The highest BCUT2D eigenvalue weighted by Crippen LogP contribution is 2.17. The lowest BCUT2D eigenvalue weighted by atomic mass is 10.3. The van der Waals surface area contributed by atoms with E-state index in [-0.39, 0.29) is 25.6 Å². The zero-order valence-corrected chi connectivity index (χ0v) is 12.9. The van der Waals surface area contributed by atoms with Crippen molar-refractivity contribution in [3.63, 3.8) is 0 Å². The van der Waals surface area contributed by atoms with Gasteiger partial charge >= 0.3 is 10.3 Å². The molecule has 0 fully saturated rings. The summed E-state index contributed by atoms with van der Waals surface area (Å²) in [5, 5.41) is 4.70. The van der Waals surface area contributed by atoms with Gasteiger partial charge in [0.15, 0.2) is 0 Å². The van der Waals surface area contributed by atoms with Gasteiger partial charge in [-0.05, 0) is 19.1 Å². The van der Waals surface area contributed by atoms with Crippen molar-refractivity contribution in [3.8, 4) is 11.4 Å². The molecular formula is C12H16ClN3O4S. The summed E-state index contributed by atoms with van der Waals surface area (Å²) in [4.78, 5) is 4.15. The standard InChI is InChI=1S/C12H15N3O4S.ClH/c1-10-8-15(9-14-10)11-3-2-4-12(7-11)18-5-6-19-20(13,16)17;/h2-4,7-9H,5-6H2,1H3,(H2,13,16,17);1H. The van der Waals surface area contributed by atoms with Crippen molar-refractivity contribution < 1.29 is 17.3 Å². The Morgan fingerprint density at radius 3 is 2.71 bits per heavy atom. The first-order valence-corrected chi connectivity index (χ1v) is 7.32. The van der Waals surface area contributed by atoms with Crippen LogP contribution >= 0.6 is 12.4 Å². The van der Waals surface area contributed by atoms with Crippen LogP contribution in [0.5, 0.6) is 5.75 Å². The molecule has 7 nitrogen and oxygen atoms in total. The molecule has 2 N–H and O–H groups in total. The molecule has 0 aliphatic rings. The molecule has 116 valence electrons. The van der Waals surface area contributed by atoms with Crippen LogP contribution in [0.1, 0.15) is 5.69 Å². The van der Waals surface area contributed by atoms with Gasteiger partial charge in [-0.15, -0.1) is 12.4 Å². The van der Waals surface area contributed by atoms with Crippen LogP contribution in [0.15, 0.2) is 36.8 Å². The van der Waals surface area contributed by atoms with Gasteiger partial charge in [-0.2, -0.15) is 8.42 Å². The van der Waals surface area contributed by atoms with Gasteiger partial charge in [-0.1, -0.05) is 6.07 Å². The second-order valence-electron chi connectivity index (χ2n) is 4.08. The van der Waals surface area contributed by atoms with E-state index in [1.165, 1.54) is 0 Å². The van der Waals surface area contributed by atoms with Crippen LogP contribution in [-0.2, 0) is 14.5 Å². The third-order valence-corrected chi connectivity index (χ3v) is 2.92. The predicted octanol–water partition coefficient (Wildman–Crippen LogP) is 1.20. The second kappa shape index (κ2) is 7.41. The molecule has 0 atom stereocenters. The van der Waals surface area contributed by atoms with Gasteiger partial charge in [0.1, 0.15) is 19.0 Å². The summed E-state index contributed by atoms with van der Waals surface area (Å²) in [6.07, 6.45) is 3.60. The minimum atomic E-state index is -3.92. The Morgan fingerprint density at radius 1 is 1.33 bits per heavy atom. The zero-order chi connectivity index (χ0) is 14.6. The van der Waals surface area contributed by atoms with E-state index in [1.807, 2.05) is 35.9 Å². The maximum Gasteiger partial charge on any atom is 0.333 e. The van der Waals surface area contributed by atoms with E-state index < -0.39 is 10.3 Å². The fourth-order valence-corrected chi connectivity index (χ4v) is 1.91. The largest absolute Gasteiger partial charge is 0.491 e. The van der Waals surface area contributed by atoms with Gasteiger partial charge in [0.2, 0.25) is 0 Å². The number of benzene rings is 1. The SMILES string of the molecule is Cc1cn(-c2cccc(OCCOS(N)(=O)=O)c2)cn1.Cl. The van der Waals surface area contributed by atoms with Crippen molar-refractivity contribution in [2.75, 3.05) is 13.2 Å². The molecule has 1 heterocycles. The number of halogens is 1. The molecule has 0 spiro atoms. The van der Waals surface area contributed by atoms with Crippen LogP contribution < -0.4 is 9.88 Å². The number of hydrogen-bond acceptors (Lipinski definition) is 5. The Bertz CT molecular complexity index is 687. The lowest BCUT2D eigenvalue weighted by molar-refractivity contribution is 0.221. The molecule has 9 heteroatoms. The molecule has 1 aromatic heterocycles. The van der Waals surface area contributed by atoms with Crippen LogP contribution in [0.4, 0.5) is 0 Å². The normalized spacial score (nSPS) is 11.0. The molecular weight excluding hydrogens is 318 g/mol. The summed E-state index contributed by atoms with van der Waals surface area (Å²) in [5.41, 5.74) is 1.81. The smallest absolute Gasteiger partial charge is 0.333 e. The number of nitrogens with zero attached hydrogens (tertiary/aromatic N) is 2. The van der Waals surface area contributed by atoms with Gasteiger partial charge in [0, 0.05) is 12.3 Å². The summed E-state index contributed by atoms with van der Waals surface area (Å²) in [5.74, 6) is 0.604. The Morgan fingerprint density at radius 2 is 2.10 bits per heavy atom. The van der Waals surface area contributed by atoms with E-state index >= 15 is 0 Å². The molecule has 0 aliphatic heterocycles. The first-order valence-electron chi connectivity index (χ1n) is 5.85. The van der Waals surface area contributed by atoms with E-state index in [1.54, 1.807) is 12.4 Å². The van der Waals surface area contributed by atoms with Crippen LogP contribution in [0.3, 0.4) is 0 Å². The van der Waals surface area contributed by atoms with E-state index in [9.17, 15) is 8.42 Å². The average Bonchev–Trinajstić information content (AvgIpc) is 2.81. The minimum absolute atomic E-state index is 0. The Balaban J connectivity index is 0.00000220. The fourth-order valence-electron chi connectivity index (χ4n) is 1.61. The highest BCUT2D eigenvalue weighted by Gasteiger charge is 2.03. The number of imidazole rings is 1. The number of hydrogen-bond donors (Lipinski definition) is 1. The molecule has 2 aromatic rings. The lowest BCUT2D eigenvalue weighted by Gasteiger charge is -2.08. The third kappa shape index (κ3) is 5.72. The topological polar surface area (TPSA) is 96.4 Å². The molecule has 2 rings (SSSR count). The molecule has 0 saturated carbocycles. The fraction of sp³-hybridized carbons (Fsp3) is 0.250. The van der Waals surface area contributed by atoms with E-state index in [0.717, 1.165) is 11.4 Å². The molecule has 0 radical (unpaired) electrons. The number of aryl methyl sites for hydroxylation is 1. The van der Waals surface area contributed by atoms with Crippen molar-refractivity contribution >= 4 is 22.7 Å². The lowest BCUT2D eigenvalue weighted by Crippen LogP contribution is -2.19. The number of ether oxygens (including phenoxy) is 1. The van der Waals surface area contributed by atoms with E-state index in [0.29, 0.717) is 5.75 Å². The monoisotopic (exact) mass is 333 g/mol. The van der Waals surface area contributed by atoms with Gasteiger partial charge in [-0.25, -0.2) is 10.1 Å². The third-order valence-electron chi connectivity index (χ3n) is 2.43. The number of rotatable bonds is 6. The van der Waals surface area contributed by atoms with Gasteiger partial charge in [0.25, 0.3) is 0 Å². The highest BCUT2D eigenvalue weighted by molar-refractivity contribution is 7.84. The van der Waals surface area contributed by atoms with Crippen molar-refractivity contribution in [2.45, 2.75) is 6.92 Å². The first kappa shape index (κ1) is 17.4. The van der Waals surface area contributed by atoms with Crippen molar-refractivity contribution in [1.29, 1.82) is 0 Å². The van der Waals surface area contributed by atoms with Crippen LogP contribution in [0.2, 0.25) is 0 Å². The molecule has 0 unspecified atom stereocenters. The maximum atomic E-state index is 10.6. The van der Waals surface area contributed by atoms with Crippen molar-refractivity contribution in [3.05, 3.63) is 42.5 Å². The average molecular weight is 334 g/mol. The predicted molar refractivity (Wildman–Crippen MR) is 80.1 cm³/mol. The Hall–Kier alpha value is -1.61. The van der Waals surface area contributed by atoms with Crippen molar-refractivity contribution in [1.82, 2.24) is 9.55 Å². The summed E-state index contributed by atoms with van der Waals surface area (Å²) in [7, 11) is -3.92. The maximum absolute atomic E-state index is 10.6. The Kier molecular flexibility index (Phi) is 6.16. The summed E-state index contributed by atoms with van der Waals surface area (Å²) in [6, 6.07) is 7.33. The molecule has 0 amide bonds. The molecule has 0 aliphatic carbocycles. The molecule has 0 saturated heterocycles. The first-order chi connectivity index (χ1) is 9.44. The van der Waals surface area contributed by atoms with Gasteiger partial charge in [0.05, 0.1) is 17.7 Å². The van der Waals surface area contributed by atoms with E-state index in [2.05, 4.69) is 9.17 Å². The molecule has 1 aromatic carbocycles. The van der Waals surface area contributed by atoms with Crippen LogP contribution in [0.25, 0.3) is 5.69 Å². The highest BCUT2D eigenvalue weighted by atomic mass is 35.5. The summed E-state index contributed by atoms with van der Waals surface area (Å²) < 4.78 is 32.8. The number of aromatic nitrogens is 2. The summed E-state index contributed by atoms with van der Waals surface area (Å²) in [6.45, 7) is 1.86. The van der Waals surface area contributed by atoms with Crippen LogP contribution in [0, 0.1) is 6.92 Å². The van der Waals surface area contributed by atoms with E-state index in [4.69, 9.17) is 9.88 Å². The number of nitrogens with two attached hydrogens (primary N) is 1. The van der Waals surface area contributed by atoms with Crippen LogP contribution in [-0.4, -0.2) is 31.2 Å². The van der Waals surface area contributed by atoms with Gasteiger partial charge < -0.3 is 9.30 Å². The molecule has 0 bridgehead atoms. The minimum Gasteiger partial charge on any atom is -0.491 e. The quantitative estimate of drug-likeness (QED) is 0.801. The summed E-state index contributed by atoms with van der Waals surface area (Å²) >= 11 is 0. The second-order valence-corrected chi connectivity index (χ2v) is 5.30. The zero-order valence-electron chi connectivity index (χ0n) is 11.3. The Labute approximate surface area is 129 Å². The van der Waals surface area contributed by atoms with Crippen molar-refractivity contribution in [2.24, 2.45) is 5.14 Å². The molecule has 21 heavy (non-hydrogen) atoms.